The molecular formula is C14H19N3O5S. The average Bonchev–Trinajstić information content (AvgIpc) is 2.99. The predicted molar refractivity (Wildman–Crippen MR) is 82.0 cm³/mol. The van der Waals surface area contributed by atoms with Gasteiger partial charge in [0.25, 0.3) is 0 Å². The van der Waals surface area contributed by atoms with Gasteiger partial charge in [-0.3, -0.25) is 14.4 Å². The molecule has 0 bridgehead atoms. The van der Waals surface area contributed by atoms with Crippen molar-refractivity contribution >= 4 is 29.1 Å². The van der Waals surface area contributed by atoms with Crippen molar-refractivity contribution in [2.75, 3.05) is 32.8 Å². The number of hydrogen-bond donors (Lipinski definition) is 1. The monoisotopic (exact) mass is 341 g/mol. The fourth-order valence-corrected chi connectivity index (χ4v) is 2.92. The number of amides is 2. The second-order valence-corrected chi connectivity index (χ2v) is 6.00. The molecule has 9 heteroatoms. The molecule has 0 radical (unpaired) electrons. The van der Waals surface area contributed by atoms with Crippen molar-refractivity contribution in [2.45, 2.75) is 19.4 Å². The van der Waals surface area contributed by atoms with Crippen molar-refractivity contribution in [3.05, 3.63) is 16.6 Å². The van der Waals surface area contributed by atoms with Gasteiger partial charge in [0.05, 0.1) is 30.3 Å². The highest BCUT2D eigenvalue weighted by Crippen LogP contribution is 2.11. The number of carbonyl (C=O) groups excluding carboxylic acids is 2. The average molecular weight is 341 g/mol. The van der Waals surface area contributed by atoms with Crippen LogP contribution in [0, 0.1) is 0 Å². The third kappa shape index (κ3) is 5.29. The van der Waals surface area contributed by atoms with Crippen LogP contribution in [-0.4, -0.2) is 76.6 Å². The number of thiazole rings is 1. The Labute approximate surface area is 137 Å². The lowest BCUT2D eigenvalue weighted by molar-refractivity contribution is -0.147. The van der Waals surface area contributed by atoms with Crippen molar-refractivity contribution in [3.8, 4) is 0 Å². The molecule has 1 atom stereocenters. The molecule has 1 aromatic heterocycles. The molecule has 0 saturated carbocycles. The summed E-state index contributed by atoms with van der Waals surface area (Å²) in [4.78, 5) is 41.5. The summed E-state index contributed by atoms with van der Waals surface area (Å²) < 4.78 is 5.56. The first-order chi connectivity index (χ1) is 11.0. The van der Waals surface area contributed by atoms with E-state index < -0.39 is 5.97 Å². The largest absolute Gasteiger partial charge is 0.480 e. The van der Waals surface area contributed by atoms with E-state index in [1.165, 1.54) is 23.2 Å². The molecule has 1 aromatic rings. The van der Waals surface area contributed by atoms with Gasteiger partial charge in [0, 0.05) is 31.9 Å². The van der Waals surface area contributed by atoms with Crippen LogP contribution in [0.3, 0.4) is 0 Å². The maximum atomic E-state index is 12.3. The maximum Gasteiger partial charge on any atom is 0.323 e. The zero-order valence-electron chi connectivity index (χ0n) is 12.8. The highest BCUT2D eigenvalue weighted by atomic mass is 32.1. The fraction of sp³-hybridized carbons (Fsp3) is 0.571. The highest BCUT2D eigenvalue weighted by Gasteiger charge is 2.27. The van der Waals surface area contributed by atoms with E-state index in [4.69, 9.17) is 9.84 Å². The molecule has 23 heavy (non-hydrogen) atoms. The van der Waals surface area contributed by atoms with E-state index in [0.29, 0.717) is 19.7 Å². The van der Waals surface area contributed by atoms with Crippen molar-refractivity contribution < 1.29 is 24.2 Å². The van der Waals surface area contributed by atoms with Crippen LogP contribution in [0.4, 0.5) is 0 Å². The van der Waals surface area contributed by atoms with Crippen LogP contribution in [0.5, 0.6) is 0 Å². The van der Waals surface area contributed by atoms with E-state index in [1.54, 1.807) is 10.4 Å². The molecule has 1 fully saturated rings. The summed E-state index contributed by atoms with van der Waals surface area (Å²) in [6, 6.07) is 0. The number of carboxylic acids is 1. The molecule has 0 aromatic carbocycles. The summed E-state index contributed by atoms with van der Waals surface area (Å²) >= 11 is 1.44. The predicted octanol–water partition coefficient (Wildman–Crippen LogP) is -0.154. The first-order valence-corrected chi connectivity index (χ1v) is 8.13. The van der Waals surface area contributed by atoms with E-state index in [9.17, 15) is 14.4 Å². The summed E-state index contributed by atoms with van der Waals surface area (Å²) in [6.45, 7) is 2.29. The summed E-state index contributed by atoms with van der Waals surface area (Å²) in [7, 11) is 0. The van der Waals surface area contributed by atoms with Gasteiger partial charge in [0.2, 0.25) is 11.8 Å². The van der Waals surface area contributed by atoms with E-state index in [1.807, 2.05) is 5.38 Å². The number of morpholine rings is 1. The maximum absolute atomic E-state index is 12.3. The van der Waals surface area contributed by atoms with Gasteiger partial charge in [-0.05, 0) is 0 Å². The topological polar surface area (TPSA) is 100 Å². The Morgan fingerprint density at radius 2 is 2.30 bits per heavy atom. The third-order valence-electron chi connectivity index (χ3n) is 3.50. The minimum absolute atomic E-state index is 0.0446. The minimum Gasteiger partial charge on any atom is -0.480 e. The van der Waals surface area contributed by atoms with Crippen molar-refractivity contribution in [1.82, 2.24) is 14.8 Å². The smallest absolute Gasteiger partial charge is 0.323 e. The summed E-state index contributed by atoms with van der Waals surface area (Å²) in [5.74, 6) is -1.45. The van der Waals surface area contributed by atoms with Gasteiger partial charge in [-0.15, -0.1) is 11.3 Å². The second kappa shape index (κ2) is 8.02. The number of aliphatic carboxylic acids is 1. The Morgan fingerprint density at radius 3 is 2.91 bits per heavy atom. The SMILES string of the molecule is CC(=O)N(CC(=O)O)CC1CN(C(=O)Cc2cscn2)CCO1. The van der Waals surface area contributed by atoms with Crippen LogP contribution >= 0.6 is 11.3 Å². The Hall–Kier alpha value is -2.00. The van der Waals surface area contributed by atoms with E-state index in [0.717, 1.165) is 5.69 Å². The lowest BCUT2D eigenvalue weighted by Crippen LogP contribution is -2.51. The lowest BCUT2D eigenvalue weighted by atomic mass is 10.2. The minimum atomic E-state index is -1.08. The van der Waals surface area contributed by atoms with Gasteiger partial charge in [-0.2, -0.15) is 0 Å². The highest BCUT2D eigenvalue weighted by molar-refractivity contribution is 7.07. The Balaban J connectivity index is 1.90. The van der Waals surface area contributed by atoms with Gasteiger partial charge < -0.3 is 19.6 Å². The molecule has 1 aliphatic heterocycles. The zero-order valence-corrected chi connectivity index (χ0v) is 13.6. The van der Waals surface area contributed by atoms with Crippen LogP contribution in [-0.2, 0) is 25.5 Å². The lowest BCUT2D eigenvalue weighted by Gasteiger charge is -2.35. The molecule has 2 heterocycles. The van der Waals surface area contributed by atoms with Gasteiger partial charge in [0.15, 0.2) is 0 Å². The number of carboxylic acid groups (broad SMARTS) is 1. The van der Waals surface area contributed by atoms with Gasteiger partial charge in [-0.25, -0.2) is 4.98 Å². The Morgan fingerprint density at radius 1 is 1.52 bits per heavy atom. The van der Waals surface area contributed by atoms with Crippen LogP contribution < -0.4 is 0 Å². The van der Waals surface area contributed by atoms with Crippen LogP contribution in [0.15, 0.2) is 10.9 Å². The number of ether oxygens (including phenoxy) is 1. The van der Waals surface area contributed by atoms with Crippen LogP contribution in [0.25, 0.3) is 0 Å². The summed E-state index contributed by atoms with van der Waals surface area (Å²) in [5.41, 5.74) is 2.42. The van der Waals surface area contributed by atoms with E-state index in [-0.39, 0.29) is 37.4 Å². The molecule has 8 nitrogen and oxygen atoms in total. The first kappa shape index (κ1) is 17.4. The molecule has 1 aliphatic rings. The number of hydrogen-bond acceptors (Lipinski definition) is 6. The zero-order chi connectivity index (χ0) is 16.8. The van der Waals surface area contributed by atoms with Crippen LogP contribution in [0.1, 0.15) is 12.6 Å². The molecule has 2 rings (SSSR count). The number of rotatable bonds is 6. The summed E-state index contributed by atoms with van der Waals surface area (Å²) in [6.07, 6.45) is -0.145. The van der Waals surface area contributed by atoms with Gasteiger partial charge in [0.1, 0.15) is 6.54 Å². The second-order valence-electron chi connectivity index (χ2n) is 5.28. The first-order valence-electron chi connectivity index (χ1n) is 7.19. The summed E-state index contributed by atoms with van der Waals surface area (Å²) in [5, 5.41) is 10.7. The molecule has 1 N–H and O–H groups in total. The quantitative estimate of drug-likeness (QED) is 0.772. The third-order valence-corrected chi connectivity index (χ3v) is 4.14. The van der Waals surface area contributed by atoms with Crippen LogP contribution in [0.2, 0.25) is 0 Å². The molecular weight excluding hydrogens is 322 g/mol. The molecule has 1 saturated heterocycles. The fourth-order valence-electron chi connectivity index (χ4n) is 2.36. The number of carbonyl (C=O) groups is 3. The molecule has 2 amide bonds. The molecule has 0 aliphatic carbocycles. The standard InChI is InChI=1S/C14H19N3O5S/c1-10(18)17(7-14(20)21)6-12-5-16(2-3-22-12)13(19)4-11-8-23-9-15-11/h8-9,12H,2-7H2,1H3,(H,20,21). The van der Waals surface area contributed by atoms with Crippen molar-refractivity contribution in [3.63, 3.8) is 0 Å². The van der Waals surface area contributed by atoms with E-state index in [2.05, 4.69) is 4.98 Å². The van der Waals surface area contributed by atoms with Gasteiger partial charge >= 0.3 is 5.97 Å². The molecule has 1 unspecified atom stereocenters. The normalized spacial score (nSPS) is 17.8. The van der Waals surface area contributed by atoms with Gasteiger partial charge in [-0.1, -0.05) is 0 Å². The van der Waals surface area contributed by atoms with Crippen molar-refractivity contribution in [1.29, 1.82) is 0 Å². The molecule has 0 spiro atoms. The van der Waals surface area contributed by atoms with Crippen molar-refractivity contribution in [2.24, 2.45) is 0 Å². The number of nitrogens with zero attached hydrogens (tertiary/aromatic N) is 3. The Kier molecular flexibility index (Phi) is 6.05. The van der Waals surface area contributed by atoms with E-state index >= 15 is 0 Å². The molecule has 126 valence electrons. The number of aromatic nitrogens is 1. The Bertz CT molecular complexity index is 563.